The molecular weight excluding hydrogens is 348 g/mol. The summed E-state index contributed by atoms with van der Waals surface area (Å²) in [6.07, 6.45) is 0.531. The highest BCUT2D eigenvalue weighted by Gasteiger charge is 2.17. The van der Waals surface area contributed by atoms with Crippen molar-refractivity contribution in [2.45, 2.75) is 19.1 Å². The SMILES string of the molecule is COc1cc(CN2CCCOCC2)ccc1OC[C@@H](O)CN1CCOCC1. The Hall–Kier alpha value is -1.38. The lowest BCUT2D eigenvalue weighted by Crippen LogP contribution is -2.42. The topological polar surface area (TPSA) is 63.6 Å². The fraction of sp³-hybridized carbons (Fsp3) is 0.700. The summed E-state index contributed by atoms with van der Waals surface area (Å²) in [5, 5.41) is 10.3. The molecule has 0 spiro atoms. The average molecular weight is 380 g/mol. The van der Waals surface area contributed by atoms with Gasteiger partial charge < -0.3 is 24.1 Å². The van der Waals surface area contributed by atoms with Gasteiger partial charge >= 0.3 is 0 Å². The first-order chi connectivity index (χ1) is 13.2. The van der Waals surface area contributed by atoms with Crippen molar-refractivity contribution in [1.29, 1.82) is 0 Å². The molecule has 2 heterocycles. The number of ether oxygens (including phenoxy) is 4. The largest absolute Gasteiger partial charge is 0.493 e. The molecule has 1 aromatic rings. The number of rotatable bonds is 8. The normalized spacial score (nSPS) is 20.8. The number of morpholine rings is 1. The second-order valence-corrected chi connectivity index (χ2v) is 7.11. The quantitative estimate of drug-likeness (QED) is 0.722. The van der Waals surface area contributed by atoms with Gasteiger partial charge in [-0.05, 0) is 24.1 Å². The van der Waals surface area contributed by atoms with E-state index in [1.165, 1.54) is 5.56 Å². The zero-order valence-electron chi connectivity index (χ0n) is 16.3. The van der Waals surface area contributed by atoms with Crippen LogP contribution in [0.4, 0.5) is 0 Å². The molecule has 2 aliphatic heterocycles. The third-order valence-electron chi connectivity index (χ3n) is 4.95. The first-order valence-corrected chi connectivity index (χ1v) is 9.82. The molecule has 0 aromatic heterocycles. The maximum absolute atomic E-state index is 10.3. The second kappa shape index (κ2) is 10.8. The van der Waals surface area contributed by atoms with Gasteiger partial charge in [0.2, 0.25) is 0 Å². The van der Waals surface area contributed by atoms with E-state index in [4.69, 9.17) is 18.9 Å². The van der Waals surface area contributed by atoms with Crippen molar-refractivity contribution >= 4 is 0 Å². The van der Waals surface area contributed by atoms with E-state index in [0.717, 1.165) is 65.6 Å². The summed E-state index contributed by atoms with van der Waals surface area (Å²) >= 11 is 0. The van der Waals surface area contributed by atoms with Crippen LogP contribution in [0.2, 0.25) is 0 Å². The van der Waals surface area contributed by atoms with Crippen molar-refractivity contribution in [2.75, 3.05) is 72.9 Å². The Balaban J connectivity index is 1.50. The van der Waals surface area contributed by atoms with Crippen LogP contribution in [-0.2, 0) is 16.0 Å². The molecule has 0 unspecified atom stereocenters. The van der Waals surface area contributed by atoms with Crippen molar-refractivity contribution in [3.05, 3.63) is 23.8 Å². The predicted octanol–water partition coefficient (Wildman–Crippen LogP) is 0.989. The van der Waals surface area contributed by atoms with E-state index in [-0.39, 0.29) is 6.61 Å². The summed E-state index contributed by atoms with van der Waals surface area (Å²) in [5.41, 5.74) is 1.19. The molecule has 2 saturated heterocycles. The molecular formula is C20H32N2O5. The van der Waals surface area contributed by atoms with Gasteiger partial charge in [-0.25, -0.2) is 0 Å². The number of hydrogen-bond donors (Lipinski definition) is 1. The Bertz CT molecular complexity index is 557. The Morgan fingerprint density at radius 3 is 2.52 bits per heavy atom. The maximum Gasteiger partial charge on any atom is 0.161 e. The minimum Gasteiger partial charge on any atom is -0.493 e. The van der Waals surface area contributed by atoms with Crippen LogP contribution >= 0.6 is 0 Å². The van der Waals surface area contributed by atoms with Crippen molar-refractivity contribution < 1.29 is 24.1 Å². The standard InChI is InChI=1S/C20H32N2O5/c1-24-20-13-17(14-21-5-2-9-25-10-6-21)3-4-19(20)27-16-18(23)15-22-7-11-26-12-8-22/h3-4,13,18,23H,2,5-12,14-16H2,1H3/t18-/m0/s1. The lowest BCUT2D eigenvalue weighted by molar-refractivity contribution is 0.00445. The predicted molar refractivity (Wildman–Crippen MR) is 102 cm³/mol. The molecule has 7 nitrogen and oxygen atoms in total. The minimum atomic E-state index is -0.537. The fourth-order valence-corrected chi connectivity index (χ4v) is 3.46. The molecule has 2 aliphatic rings. The highest BCUT2D eigenvalue weighted by Crippen LogP contribution is 2.29. The Morgan fingerprint density at radius 2 is 1.74 bits per heavy atom. The van der Waals surface area contributed by atoms with Crippen molar-refractivity contribution in [3.63, 3.8) is 0 Å². The van der Waals surface area contributed by atoms with Gasteiger partial charge in [-0.3, -0.25) is 9.80 Å². The van der Waals surface area contributed by atoms with Gasteiger partial charge in [0.25, 0.3) is 0 Å². The molecule has 0 radical (unpaired) electrons. The minimum absolute atomic E-state index is 0.247. The molecule has 3 rings (SSSR count). The average Bonchev–Trinajstić information content (AvgIpc) is 2.96. The van der Waals surface area contributed by atoms with Gasteiger partial charge in [-0.15, -0.1) is 0 Å². The van der Waals surface area contributed by atoms with Crippen LogP contribution in [0.25, 0.3) is 0 Å². The number of nitrogens with zero attached hydrogens (tertiary/aromatic N) is 2. The maximum atomic E-state index is 10.3. The zero-order chi connectivity index (χ0) is 18.9. The molecule has 0 aliphatic carbocycles. The van der Waals surface area contributed by atoms with E-state index in [0.29, 0.717) is 18.0 Å². The highest BCUT2D eigenvalue weighted by atomic mass is 16.5. The molecule has 1 aromatic carbocycles. The van der Waals surface area contributed by atoms with Gasteiger partial charge in [0.05, 0.1) is 26.9 Å². The van der Waals surface area contributed by atoms with Crippen molar-refractivity contribution in [1.82, 2.24) is 9.80 Å². The lowest BCUT2D eigenvalue weighted by Gasteiger charge is -2.28. The van der Waals surface area contributed by atoms with Crippen molar-refractivity contribution in [2.24, 2.45) is 0 Å². The summed E-state index contributed by atoms with van der Waals surface area (Å²) in [6, 6.07) is 6.03. The third-order valence-corrected chi connectivity index (χ3v) is 4.95. The fourth-order valence-electron chi connectivity index (χ4n) is 3.46. The van der Waals surface area contributed by atoms with E-state index in [2.05, 4.69) is 15.9 Å². The molecule has 0 amide bonds. The Kier molecular flexibility index (Phi) is 8.16. The molecule has 1 N–H and O–H groups in total. The van der Waals surface area contributed by atoms with Crippen molar-refractivity contribution in [3.8, 4) is 11.5 Å². The van der Waals surface area contributed by atoms with Gasteiger partial charge in [0.1, 0.15) is 12.7 Å². The molecule has 2 fully saturated rings. The number of methoxy groups -OCH3 is 1. The first-order valence-electron chi connectivity index (χ1n) is 9.82. The van der Waals surface area contributed by atoms with Crippen LogP contribution in [0, 0.1) is 0 Å². The number of β-amino-alcohol motifs (C(OH)–C–C–N with tert-alkyl or cyclic N) is 1. The summed E-state index contributed by atoms with van der Waals surface area (Å²) in [5.74, 6) is 1.37. The molecule has 0 saturated carbocycles. The Morgan fingerprint density at radius 1 is 1.00 bits per heavy atom. The molecule has 152 valence electrons. The van der Waals surface area contributed by atoms with E-state index in [9.17, 15) is 5.11 Å². The van der Waals surface area contributed by atoms with Gasteiger partial charge in [-0.2, -0.15) is 0 Å². The van der Waals surface area contributed by atoms with Crippen LogP contribution in [0.1, 0.15) is 12.0 Å². The number of aliphatic hydroxyl groups excluding tert-OH is 1. The van der Waals surface area contributed by atoms with Crippen LogP contribution in [0.5, 0.6) is 11.5 Å². The van der Waals surface area contributed by atoms with Crippen LogP contribution < -0.4 is 9.47 Å². The number of benzene rings is 1. The van der Waals surface area contributed by atoms with Crippen LogP contribution in [0.15, 0.2) is 18.2 Å². The molecule has 27 heavy (non-hydrogen) atoms. The van der Waals surface area contributed by atoms with E-state index in [1.54, 1.807) is 7.11 Å². The van der Waals surface area contributed by atoms with Gasteiger partial charge in [-0.1, -0.05) is 6.07 Å². The molecule has 1 atom stereocenters. The lowest BCUT2D eigenvalue weighted by atomic mass is 10.2. The van der Waals surface area contributed by atoms with Crippen LogP contribution in [-0.4, -0.2) is 93.9 Å². The Labute approximate surface area is 161 Å². The summed E-state index contributed by atoms with van der Waals surface area (Å²) in [4.78, 5) is 4.59. The zero-order valence-corrected chi connectivity index (χ0v) is 16.3. The monoisotopic (exact) mass is 380 g/mol. The number of aliphatic hydroxyl groups is 1. The van der Waals surface area contributed by atoms with E-state index >= 15 is 0 Å². The number of hydrogen-bond acceptors (Lipinski definition) is 7. The van der Waals surface area contributed by atoms with E-state index < -0.39 is 6.10 Å². The van der Waals surface area contributed by atoms with E-state index in [1.807, 2.05) is 12.1 Å². The smallest absolute Gasteiger partial charge is 0.161 e. The van der Waals surface area contributed by atoms with Crippen LogP contribution in [0.3, 0.4) is 0 Å². The summed E-state index contributed by atoms with van der Waals surface area (Å²) < 4.78 is 22.2. The van der Waals surface area contributed by atoms with Gasteiger partial charge in [0.15, 0.2) is 11.5 Å². The summed E-state index contributed by atoms with van der Waals surface area (Å²) in [6.45, 7) is 8.53. The first kappa shape index (κ1) is 20.4. The molecule has 0 bridgehead atoms. The molecule has 7 heteroatoms. The van der Waals surface area contributed by atoms with Gasteiger partial charge in [0, 0.05) is 45.9 Å². The highest BCUT2D eigenvalue weighted by molar-refractivity contribution is 5.43. The summed E-state index contributed by atoms with van der Waals surface area (Å²) in [7, 11) is 1.65. The third kappa shape index (κ3) is 6.62. The second-order valence-electron chi connectivity index (χ2n) is 7.11.